The molecule has 0 saturated heterocycles. The third-order valence-corrected chi connectivity index (χ3v) is 3.09. The van der Waals surface area contributed by atoms with Crippen LogP contribution in [-0.4, -0.2) is 21.8 Å². The minimum atomic E-state index is -0.264. The summed E-state index contributed by atoms with van der Waals surface area (Å²) >= 11 is 0. The molecule has 0 radical (unpaired) electrons. The molecule has 6 heteroatoms. The molecule has 0 amide bonds. The highest BCUT2D eigenvalue weighted by atomic mass is 19.1. The number of hydrogen-bond donors (Lipinski definition) is 2. The van der Waals surface area contributed by atoms with Gasteiger partial charge in [0.15, 0.2) is 5.65 Å². The van der Waals surface area contributed by atoms with E-state index in [1.54, 1.807) is 29.1 Å². The normalized spacial score (nSPS) is 10.1. The molecule has 4 N–H and O–H groups in total. The lowest BCUT2D eigenvalue weighted by Gasteiger charge is -2.04. The first-order chi connectivity index (χ1) is 10.7. The summed E-state index contributed by atoms with van der Waals surface area (Å²) in [5.74, 6) is -0.264. The van der Waals surface area contributed by atoms with Crippen molar-refractivity contribution < 1.29 is 4.39 Å². The molecule has 2 heterocycles. The van der Waals surface area contributed by atoms with Crippen LogP contribution in [0.3, 0.4) is 0 Å². The van der Waals surface area contributed by atoms with Gasteiger partial charge in [0.2, 0.25) is 0 Å². The van der Waals surface area contributed by atoms with E-state index in [2.05, 4.69) is 22.4 Å². The molecule has 5 nitrogen and oxygen atoms in total. The summed E-state index contributed by atoms with van der Waals surface area (Å²) < 4.78 is 15.4. The largest absolute Gasteiger partial charge is 0.397 e. The van der Waals surface area contributed by atoms with Gasteiger partial charge < -0.3 is 11.5 Å². The van der Waals surface area contributed by atoms with Crippen LogP contribution in [0.25, 0.3) is 16.7 Å². The molecule has 0 atom stereocenters. The lowest BCUT2D eigenvalue weighted by molar-refractivity contribution is 0.588. The molecular weight excluding hydrogens is 281 g/mol. The monoisotopic (exact) mass is 299 g/mol. The first kappa shape index (κ1) is 15.7. The van der Waals surface area contributed by atoms with Crippen LogP contribution in [0.4, 0.5) is 4.39 Å². The first-order valence-corrected chi connectivity index (χ1v) is 6.74. The van der Waals surface area contributed by atoms with Crippen LogP contribution in [0.15, 0.2) is 49.2 Å². The summed E-state index contributed by atoms with van der Waals surface area (Å²) in [7, 11) is 1.50. The standard InChI is InChI=1S/C15H13FN4.CH5N/c1-10(17)14-12-6-4-8-18-15(12)20(19-14)9-11-5-2-3-7-13(11)16;1-2/h2-8H,1,9,17H2;2H2,1H3. The molecule has 0 bridgehead atoms. The zero-order valence-electron chi connectivity index (χ0n) is 12.3. The quantitative estimate of drug-likeness (QED) is 0.776. The minimum Gasteiger partial charge on any atom is -0.397 e. The van der Waals surface area contributed by atoms with E-state index < -0.39 is 0 Å². The van der Waals surface area contributed by atoms with Crippen molar-refractivity contribution in [1.29, 1.82) is 0 Å². The Morgan fingerprint density at radius 2 is 1.95 bits per heavy atom. The van der Waals surface area contributed by atoms with Gasteiger partial charge in [-0.15, -0.1) is 0 Å². The Bertz CT molecular complexity index is 794. The number of aromatic nitrogens is 3. The fourth-order valence-corrected chi connectivity index (χ4v) is 2.14. The molecule has 0 unspecified atom stereocenters. The van der Waals surface area contributed by atoms with Crippen LogP contribution in [0.5, 0.6) is 0 Å². The van der Waals surface area contributed by atoms with Gasteiger partial charge in [-0.1, -0.05) is 24.8 Å². The lowest BCUT2D eigenvalue weighted by Crippen LogP contribution is -2.05. The second kappa shape index (κ2) is 6.82. The maximum Gasteiger partial charge on any atom is 0.158 e. The fourth-order valence-electron chi connectivity index (χ4n) is 2.14. The van der Waals surface area contributed by atoms with Crippen molar-refractivity contribution in [3.63, 3.8) is 0 Å². The van der Waals surface area contributed by atoms with Gasteiger partial charge in [-0.25, -0.2) is 14.1 Å². The van der Waals surface area contributed by atoms with E-state index in [9.17, 15) is 4.39 Å². The third-order valence-electron chi connectivity index (χ3n) is 3.09. The average molecular weight is 299 g/mol. The van der Waals surface area contributed by atoms with E-state index in [0.29, 0.717) is 29.1 Å². The molecule has 3 aromatic rings. The van der Waals surface area contributed by atoms with Gasteiger partial charge in [0.05, 0.1) is 12.2 Å². The van der Waals surface area contributed by atoms with Gasteiger partial charge in [-0.05, 0) is 25.2 Å². The summed E-state index contributed by atoms with van der Waals surface area (Å²) in [4.78, 5) is 4.29. The van der Waals surface area contributed by atoms with E-state index in [1.807, 2.05) is 12.1 Å². The zero-order valence-corrected chi connectivity index (χ0v) is 12.3. The van der Waals surface area contributed by atoms with Crippen LogP contribution in [0.1, 0.15) is 11.3 Å². The van der Waals surface area contributed by atoms with Crippen molar-refractivity contribution in [3.8, 4) is 0 Å². The Balaban J connectivity index is 0.000000847. The third kappa shape index (κ3) is 2.96. The lowest BCUT2D eigenvalue weighted by atomic mass is 10.2. The molecule has 2 aromatic heterocycles. The maximum atomic E-state index is 13.7. The summed E-state index contributed by atoms with van der Waals surface area (Å²) in [5.41, 5.74) is 12.4. The van der Waals surface area contributed by atoms with E-state index in [0.717, 1.165) is 5.39 Å². The van der Waals surface area contributed by atoms with Crippen molar-refractivity contribution in [2.75, 3.05) is 7.05 Å². The van der Waals surface area contributed by atoms with Gasteiger partial charge >= 0.3 is 0 Å². The molecule has 0 fully saturated rings. The predicted octanol–water partition coefficient (Wildman–Crippen LogP) is 2.12. The van der Waals surface area contributed by atoms with E-state index in [-0.39, 0.29) is 5.82 Å². The van der Waals surface area contributed by atoms with Crippen LogP contribution < -0.4 is 11.5 Å². The Hall–Kier alpha value is -2.73. The number of hydrogen-bond acceptors (Lipinski definition) is 4. The first-order valence-electron chi connectivity index (χ1n) is 6.74. The fraction of sp³-hybridized carbons (Fsp3) is 0.125. The Labute approximate surface area is 128 Å². The molecule has 22 heavy (non-hydrogen) atoms. The van der Waals surface area contributed by atoms with Gasteiger partial charge in [0.1, 0.15) is 11.5 Å². The van der Waals surface area contributed by atoms with E-state index in [4.69, 9.17) is 5.73 Å². The molecular formula is C16H18FN5. The molecule has 0 aliphatic heterocycles. The number of fused-ring (bicyclic) bond motifs is 1. The van der Waals surface area contributed by atoms with Crippen molar-refractivity contribution in [1.82, 2.24) is 14.8 Å². The molecule has 114 valence electrons. The molecule has 0 saturated carbocycles. The van der Waals surface area contributed by atoms with E-state index in [1.165, 1.54) is 13.1 Å². The molecule has 0 spiro atoms. The number of pyridine rings is 1. The smallest absolute Gasteiger partial charge is 0.158 e. The number of nitrogens with zero attached hydrogens (tertiary/aromatic N) is 3. The van der Waals surface area contributed by atoms with E-state index >= 15 is 0 Å². The van der Waals surface area contributed by atoms with Crippen molar-refractivity contribution in [3.05, 3.63) is 66.2 Å². The number of rotatable bonds is 3. The number of benzene rings is 1. The highest BCUT2D eigenvalue weighted by Crippen LogP contribution is 2.21. The second-order valence-electron chi connectivity index (χ2n) is 4.50. The summed E-state index contributed by atoms with van der Waals surface area (Å²) in [6, 6.07) is 10.3. The Morgan fingerprint density at radius 1 is 1.23 bits per heavy atom. The zero-order chi connectivity index (χ0) is 16.1. The van der Waals surface area contributed by atoms with Crippen LogP contribution >= 0.6 is 0 Å². The summed E-state index contributed by atoms with van der Waals surface area (Å²) in [6.07, 6.45) is 1.67. The summed E-state index contributed by atoms with van der Waals surface area (Å²) in [5, 5.41) is 5.20. The molecule has 0 aliphatic rings. The minimum absolute atomic E-state index is 0.264. The SMILES string of the molecule is C=C(N)c1nn(Cc2ccccc2F)c2ncccc12.CN. The van der Waals surface area contributed by atoms with Crippen molar-refractivity contribution in [2.45, 2.75) is 6.54 Å². The van der Waals surface area contributed by atoms with Gasteiger partial charge in [-0.2, -0.15) is 5.10 Å². The summed E-state index contributed by atoms with van der Waals surface area (Å²) in [6.45, 7) is 4.01. The average Bonchev–Trinajstić information content (AvgIpc) is 2.91. The van der Waals surface area contributed by atoms with Crippen LogP contribution in [-0.2, 0) is 6.54 Å². The highest BCUT2D eigenvalue weighted by Gasteiger charge is 2.13. The number of nitrogens with two attached hydrogens (primary N) is 2. The number of halogens is 1. The van der Waals surface area contributed by atoms with Gasteiger partial charge in [0, 0.05) is 17.1 Å². The maximum absolute atomic E-state index is 13.7. The van der Waals surface area contributed by atoms with Gasteiger partial charge in [-0.3, -0.25) is 0 Å². The van der Waals surface area contributed by atoms with Gasteiger partial charge in [0.25, 0.3) is 0 Å². The topological polar surface area (TPSA) is 82.8 Å². The van der Waals surface area contributed by atoms with Crippen molar-refractivity contribution >= 4 is 16.7 Å². The highest BCUT2D eigenvalue weighted by molar-refractivity contribution is 5.87. The Kier molecular flexibility index (Phi) is 4.85. The molecule has 0 aliphatic carbocycles. The molecule has 3 rings (SSSR count). The van der Waals surface area contributed by atoms with Crippen molar-refractivity contribution in [2.24, 2.45) is 11.5 Å². The van der Waals surface area contributed by atoms with Crippen LogP contribution in [0, 0.1) is 5.82 Å². The van der Waals surface area contributed by atoms with Crippen LogP contribution in [0.2, 0.25) is 0 Å². The second-order valence-corrected chi connectivity index (χ2v) is 4.50. The molecule has 1 aromatic carbocycles. The Morgan fingerprint density at radius 3 is 2.64 bits per heavy atom. The predicted molar refractivity (Wildman–Crippen MR) is 86.4 cm³/mol.